The molecule has 4 heteroatoms. The van der Waals surface area contributed by atoms with Gasteiger partial charge >= 0.3 is 0 Å². The van der Waals surface area contributed by atoms with Crippen LogP contribution in [0.3, 0.4) is 0 Å². The summed E-state index contributed by atoms with van der Waals surface area (Å²) in [5, 5.41) is 6.51. The van der Waals surface area contributed by atoms with Gasteiger partial charge in [-0.25, -0.2) is 0 Å². The third-order valence-corrected chi connectivity index (χ3v) is 3.84. The standard InChI is InChI=1S/C15H31N3O/c1-5-8-16-15(19)13(4)18-9-6-7-14(11-18)10-17-12(2)3/h12-14,17H,5-11H2,1-4H3,(H,16,19). The van der Waals surface area contributed by atoms with Crippen molar-refractivity contribution in [2.24, 2.45) is 5.92 Å². The Morgan fingerprint density at radius 2 is 2.11 bits per heavy atom. The average molecular weight is 269 g/mol. The number of amides is 1. The lowest BCUT2D eigenvalue weighted by Crippen LogP contribution is -2.50. The third-order valence-electron chi connectivity index (χ3n) is 3.84. The van der Waals surface area contributed by atoms with Crippen molar-refractivity contribution in [1.82, 2.24) is 15.5 Å². The lowest BCUT2D eigenvalue weighted by molar-refractivity contribution is -0.126. The van der Waals surface area contributed by atoms with E-state index in [0.29, 0.717) is 12.0 Å². The molecule has 4 nitrogen and oxygen atoms in total. The fourth-order valence-electron chi connectivity index (χ4n) is 2.58. The van der Waals surface area contributed by atoms with E-state index in [1.807, 2.05) is 6.92 Å². The summed E-state index contributed by atoms with van der Waals surface area (Å²) in [7, 11) is 0. The smallest absolute Gasteiger partial charge is 0.237 e. The minimum absolute atomic E-state index is 0.00778. The third kappa shape index (κ3) is 5.91. The van der Waals surface area contributed by atoms with Gasteiger partial charge in [0.05, 0.1) is 6.04 Å². The fourth-order valence-corrected chi connectivity index (χ4v) is 2.58. The van der Waals surface area contributed by atoms with Crippen molar-refractivity contribution in [2.75, 3.05) is 26.2 Å². The first-order valence-corrected chi connectivity index (χ1v) is 7.79. The highest BCUT2D eigenvalue weighted by molar-refractivity contribution is 5.81. The van der Waals surface area contributed by atoms with Crippen LogP contribution in [-0.2, 0) is 4.79 Å². The van der Waals surface area contributed by atoms with Crippen LogP contribution in [0.2, 0.25) is 0 Å². The number of hydrogen-bond acceptors (Lipinski definition) is 3. The summed E-state index contributed by atoms with van der Waals surface area (Å²) in [6.45, 7) is 12.4. The molecule has 1 fully saturated rings. The summed E-state index contributed by atoms with van der Waals surface area (Å²) in [6, 6.07) is 0.550. The average Bonchev–Trinajstić information content (AvgIpc) is 2.42. The molecule has 0 aliphatic carbocycles. The fraction of sp³-hybridized carbons (Fsp3) is 0.933. The van der Waals surface area contributed by atoms with Crippen LogP contribution >= 0.6 is 0 Å². The predicted octanol–water partition coefficient (Wildman–Crippen LogP) is 1.61. The number of hydrogen-bond donors (Lipinski definition) is 2. The van der Waals surface area contributed by atoms with Crippen LogP contribution in [0.1, 0.15) is 47.0 Å². The Labute approximate surface area is 118 Å². The minimum atomic E-state index is 0.00778. The molecule has 2 unspecified atom stereocenters. The predicted molar refractivity (Wildman–Crippen MR) is 80.2 cm³/mol. The van der Waals surface area contributed by atoms with Crippen molar-refractivity contribution in [3.05, 3.63) is 0 Å². The van der Waals surface area contributed by atoms with Crippen LogP contribution < -0.4 is 10.6 Å². The van der Waals surface area contributed by atoms with Crippen LogP contribution in [0.25, 0.3) is 0 Å². The van der Waals surface area contributed by atoms with E-state index in [2.05, 4.69) is 36.3 Å². The van der Waals surface area contributed by atoms with Gasteiger partial charge in [0.2, 0.25) is 5.91 Å². The van der Waals surface area contributed by atoms with Crippen molar-refractivity contribution < 1.29 is 4.79 Å². The lowest BCUT2D eigenvalue weighted by Gasteiger charge is -2.36. The lowest BCUT2D eigenvalue weighted by atomic mass is 9.96. The van der Waals surface area contributed by atoms with Crippen LogP contribution in [0.5, 0.6) is 0 Å². The zero-order chi connectivity index (χ0) is 14.3. The Hall–Kier alpha value is -0.610. The van der Waals surface area contributed by atoms with Gasteiger partial charge in [0, 0.05) is 19.1 Å². The molecular weight excluding hydrogens is 238 g/mol. The van der Waals surface area contributed by atoms with Gasteiger partial charge in [-0.3, -0.25) is 9.69 Å². The Morgan fingerprint density at radius 3 is 2.74 bits per heavy atom. The second-order valence-corrected chi connectivity index (χ2v) is 6.03. The molecular formula is C15H31N3O. The first-order valence-electron chi connectivity index (χ1n) is 7.79. The molecule has 1 aliphatic rings. The maximum absolute atomic E-state index is 12.0. The highest BCUT2D eigenvalue weighted by Gasteiger charge is 2.26. The van der Waals surface area contributed by atoms with Crippen molar-refractivity contribution >= 4 is 5.91 Å². The highest BCUT2D eigenvalue weighted by Crippen LogP contribution is 2.18. The molecule has 1 rings (SSSR count). The molecule has 112 valence electrons. The summed E-state index contributed by atoms with van der Waals surface area (Å²) >= 11 is 0. The molecule has 2 atom stereocenters. The van der Waals surface area contributed by atoms with Gasteiger partial charge in [-0.15, -0.1) is 0 Å². The summed E-state index contributed by atoms with van der Waals surface area (Å²) in [4.78, 5) is 14.3. The van der Waals surface area contributed by atoms with Crippen LogP contribution in [0.15, 0.2) is 0 Å². The van der Waals surface area contributed by atoms with E-state index in [0.717, 1.165) is 32.6 Å². The van der Waals surface area contributed by atoms with Gasteiger partial charge in [0.1, 0.15) is 0 Å². The largest absolute Gasteiger partial charge is 0.355 e. The molecule has 0 radical (unpaired) electrons. The molecule has 1 amide bonds. The van der Waals surface area contributed by atoms with Crippen molar-refractivity contribution in [3.8, 4) is 0 Å². The molecule has 1 aliphatic heterocycles. The van der Waals surface area contributed by atoms with E-state index in [1.165, 1.54) is 12.8 Å². The summed E-state index contributed by atoms with van der Waals surface area (Å²) in [5.41, 5.74) is 0. The van der Waals surface area contributed by atoms with E-state index in [-0.39, 0.29) is 11.9 Å². The maximum Gasteiger partial charge on any atom is 0.237 e. The van der Waals surface area contributed by atoms with Crippen LogP contribution in [0.4, 0.5) is 0 Å². The van der Waals surface area contributed by atoms with Gasteiger partial charge in [0.25, 0.3) is 0 Å². The molecule has 0 aromatic carbocycles. The topological polar surface area (TPSA) is 44.4 Å². The van der Waals surface area contributed by atoms with Gasteiger partial charge < -0.3 is 10.6 Å². The number of rotatable bonds is 7. The van der Waals surface area contributed by atoms with Gasteiger partial charge in [-0.05, 0) is 45.2 Å². The highest BCUT2D eigenvalue weighted by atomic mass is 16.2. The zero-order valence-corrected chi connectivity index (χ0v) is 13.0. The van der Waals surface area contributed by atoms with Crippen molar-refractivity contribution in [1.29, 1.82) is 0 Å². The Bertz CT molecular complexity index is 268. The summed E-state index contributed by atoms with van der Waals surface area (Å²) in [6.07, 6.45) is 3.48. The molecule has 0 aromatic rings. The normalized spacial score (nSPS) is 22.5. The number of nitrogens with zero attached hydrogens (tertiary/aromatic N) is 1. The van der Waals surface area contributed by atoms with Gasteiger partial charge in [-0.1, -0.05) is 20.8 Å². The summed E-state index contributed by atoms with van der Waals surface area (Å²) in [5.74, 6) is 0.858. The number of nitrogens with one attached hydrogen (secondary N) is 2. The van der Waals surface area contributed by atoms with Crippen molar-refractivity contribution in [3.63, 3.8) is 0 Å². The maximum atomic E-state index is 12.0. The molecule has 2 N–H and O–H groups in total. The van der Waals surface area contributed by atoms with Crippen LogP contribution in [0, 0.1) is 5.92 Å². The minimum Gasteiger partial charge on any atom is -0.355 e. The molecule has 1 heterocycles. The first-order chi connectivity index (χ1) is 9.04. The molecule has 19 heavy (non-hydrogen) atoms. The molecule has 0 aromatic heterocycles. The van der Waals surface area contributed by atoms with Crippen molar-refractivity contribution in [2.45, 2.75) is 59.0 Å². The Morgan fingerprint density at radius 1 is 1.37 bits per heavy atom. The Balaban J connectivity index is 2.38. The summed E-state index contributed by atoms with van der Waals surface area (Å²) < 4.78 is 0. The van der Waals surface area contributed by atoms with Gasteiger partial charge in [-0.2, -0.15) is 0 Å². The number of likely N-dealkylation sites (tertiary alicyclic amines) is 1. The first kappa shape index (κ1) is 16.4. The van der Waals surface area contributed by atoms with E-state index in [1.54, 1.807) is 0 Å². The zero-order valence-electron chi connectivity index (χ0n) is 13.0. The Kier molecular flexibility index (Phi) is 7.39. The molecule has 0 saturated carbocycles. The molecule has 1 saturated heterocycles. The number of carbonyl (C=O) groups excluding carboxylic acids is 1. The second-order valence-electron chi connectivity index (χ2n) is 6.03. The number of piperidine rings is 1. The SMILES string of the molecule is CCCNC(=O)C(C)N1CCCC(CNC(C)C)C1. The molecule has 0 spiro atoms. The van der Waals surface area contributed by atoms with E-state index in [4.69, 9.17) is 0 Å². The monoisotopic (exact) mass is 269 g/mol. The van der Waals surface area contributed by atoms with Gasteiger partial charge in [0.15, 0.2) is 0 Å². The van der Waals surface area contributed by atoms with Crippen LogP contribution in [-0.4, -0.2) is 49.1 Å². The van der Waals surface area contributed by atoms with E-state index >= 15 is 0 Å². The van der Waals surface area contributed by atoms with E-state index in [9.17, 15) is 4.79 Å². The number of carbonyl (C=O) groups is 1. The molecule has 0 bridgehead atoms. The second kappa shape index (κ2) is 8.54. The quantitative estimate of drug-likeness (QED) is 0.738. The van der Waals surface area contributed by atoms with E-state index < -0.39 is 0 Å².